The summed E-state index contributed by atoms with van der Waals surface area (Å²) in [6.07, 6.45) is 5.23. The van der Waals surface area contributed by atoms with Gasteiger partial charge in [0.15, 0.2) is 12.4 Å². The molecule has 0 fully saturated rings. The maximum Gasteiger partial charge on any atom is 0.265 e. The van der Waals surface area contributed by atoms with Gasteiger partial charge in [0, 0.05) is 35.6 Å². The Balaban J connectivity index is 1.51. The van der Waals surface area contributed by atoms with Crippen molar-refractivity contribution in [3.8, 4) is 5.75 Å². The van der Waals surface area contributed by atoms with Crippen LogP contribution in [-0.2, 0) is 16.8 Å². The van der Waals surface area contributed by atoms with Gasteiger partial charge in [-0.15, -0.1) is 0 Å². The molecular formula is C32H33ClN2O3. The van der Waals surface area contributed by atoms with Crippen molar-refractivity contribution < 1.29 is 14.3 Å². The molecular weight excluding hydrogens is 496 g/mol. The summed E-state index contributed by atoms with van der Waals surface area (Å²) in [6.45, 7) is 7.33. The average Bonchev–Trinajstić information content (AvgIpc) is 3.03. The lowest BCUT2D eigenvalue weighted by Gasteiger charge is -2.24. The van der Waals surface area contributed by atoms with E-state index in [9.17, 15) is 9.59 Å². The molecule has 38 heavy (non-hydrogen) atoms. The third-order valence-electron chi connectivity index (χ3n) is 6.55. The Morgan fingerprint density at radius 1 is 0.947 bits per heavy atom. The fraction of sp³-hybridized carbons (Fsp3) is 0.250. The summed E-state index contributed by atoms with van der Waals surface area (Å²) >= 11 is 5.95. The number of rotatable bonds is 6. The Kier molecular flexibility index (Phi) is 8.38. The van der Waals surface area contributed by atoms with Gasteiger partial charge in [0.05, 0.1) is 6.54 Å². The standard InChI is InChI=1S/C32H33ClN2O3/c1-32(2,3)25-14-12-23(13-15-25)30(36)11-7-9-27-21-35(29-10-6-5-8-24(29)20-34(27)4)31(37)22-38-28-18-16-26(33)17-19-28/h5-19H,20-22H2,1-4H3/b11-7+,27-9-. The zero-order chi connectivity index (χ0) is 27.3. The first-order valence-electron chi connectivity index (χ1n) is 12.6. The fourth-order valence-electron chi connectivity index (χ4n) is 4.27. The number of halogens is 1. The summed E-state index contributed by atoms with van der Waals surface area (Å²) in [5.41, 5.74) is 4.67. The molecule has 3 aromatic rings. The summed E-state index contributed by atoms with van der Waals surface area (Å²) in [5.74, 6) is 0.356. The molecule has 0 atom stereocenters. The molecule has 0 saturated heterocycles. The monoisotopic (exact) mass is 528 g/mol. The molecule has 0 aliphatic carbocycles. The number of amides is 1. The highest BCUT2D eigenvalue weighted by atomic mass is 35.5. The van der Waals surface area contributed by atoms with Gasteiger partial charge in [-0.05, 0) is 59.0 Å². The molecule has 0 aromatic heterocycles. The lowest BCUT2D eigenvalue weighted by molar-refractivity contribution is -0.120. The van der Waals surface area contributed by atoms with Crippen LogP contribution in [0.25, 0.3) is 0 Å². The van der Waals surface area contributed by atoms with Gasteiger partial charge in [-0.3, -0.25) is 9.59 Å². The highest BCUT2D eigenvalue weighted by Crippen LogP contribution is 2.28. The highest BCUT2D eigenvalue weighted by molar-refractivity contribution is 6.30. The van der Waals surface area contributed by atoms with E-state index in [1.807, 2.05) is 61.7 Å². The molecule has 0 bridgehead atoms. The summed E-state index contributed by atoms with van der Waals surface area (Å²) < 4.78 is 5.74. The number of fused-ring (bicyclic) bond motifs is 1. The van der Waals surface area contributed by atoms with E-state index < -0.39 is 0 Å². The van der Waals surface area contributed by atoms with Crippen molar-refractivity contribution in [2.45, 2.75) is 32.7 Å². The van der Waals surface area contributed by atoms with E-state index in [0.717, 1.165) is 16.9 Å². The van der Waals surface area contributed by atoms with Crippen LogP contribution in [0.15, 0.2) is 96.7 Å². The quantitative estimate of drug-likeness (QED) is 0.260. The van der Waals surface area contributed by atoms with Crippen LogP contribution in [0.5, 0.6) is 5.75 Å². The van der Waals surface area contributed by atoms with Crippen LogP contribution in [0.3, 0.4) is 0 Å². The van der Waals surface area contributed by atoms with Crippen molar-refractivity contribution >= 4 is 29.0 Å². The second-order valence-corrected chi connectivity index (χ2v) is 10.9. The van der Waals surface area contributed by atoms with Crippen LogP contribution in [0.4, 0.5) is 5.69 Å². The molecule has 4 rings (SSSR count). The van der Waals surface area contributed by atoms with Crippen LogP contribution < -0.4 is 9.64 Å². The van der Waals surface area contributed by atoms with Crippen LogP contribution >= 0.6 is 11.6 Å². The number of hydrogen-bond acceptors (Lipinski definition) is 4. The number of carbonyl (C=O) groups excluding carboxylic acids is 2. The van der Waals surface area contributed by atoms with Crippen LogP contribution in [0.1, 0.15) is 42.3 Å². The molecule has 0 saturated carbocycles. The number of ketones is 1. The molecule has 3 aromatic carbocycles. The second-order valence-electron chi connectivity index (χ2n) is 10.4. The van der Waals surface area contributed by atoms with Gasteiger partial charge in [0.2, 0.25) is 0 Å². The van der Waals surface area contributed by atoms with Crippen LogP contribution in [0, 0.1) is 0 Å². The third-order valence-corrected chi connectivity index (χ3v) is 6.80. The number of allylic oxidation sites excluding steroid dienone is 3. The van der Waals surface area contributed by atoms with Crippen molar-refractivity contribution in [2.75, 3.05) is 25.1 Å². The van der Waals surface area contributed by atoms with Gasteiger partial charge in [-0.25, -0.2) is 0 Å². The average molecular weight is 529 g/mol. The van der Waals surface area contributed by atoms with Gasteiger partial charge in [-0.2, -0.15) is 0 Å². The van der Waals surface area contributed by atoms with Gasteiger partial charge >= 0.3 is 0 Å². The topological polar surface area (TPSA) is 49.9 Å². The van der Waals surface area contributed by atoms with Gasteiger partial charge in [0.1, 0.15) is 5.75 Å². The predicted octanol–water partition coefficient (Wildman–Crippen LogP) is 6.82. The van der Waals surface area contributed by atoms with E-state index in [-0.39, 0.29) is 23.7 Å². The summed E-state index contributed by atoms with van der Waals surface area (Å²) in [7, 11) is 1.99. The lowest BCUT2D eigenvalue weighted by Crippen LogP contribution is -2.37. The van der Waals surface area contributed by atoms with Gasteiger partial charge in [-0.1, -0.05) is 80.9 Å². The Morgan fingerprint density at radius 2 is 1.63 bits per heavy atom. The molecule has 0 unspecified atom stereocenters. The number of para-hydroxylation sites is 1. The molecule has 6 heteroatoms. The molecule has 0 spiro atoms. The Hall–Kier alpha value is -3.83. The maximum atomic E-state index is 13.3. The summed E-state index contributed by atoms with van der Waals surface area (Å²) in [5, 5.41) is 0.608. The van der Waals surface area contributed by atoms with Crippen molar-refractivity contribution in [1.29, 1.82) is 0 Å². The second kappa shape index (κ2) is 11.7. The number of ether oxygens (including phenoxy) is 1. The smallest absolute Gasteiger partial charge is 0.265 e. The third kappa shape index (κ3) is 6.73. The zero-order valence-corrected chi connectivity index (χ0v) is 23.0. The molecule has 5 nitrogen and oxygen atoms in total. The Labute approximate surface area is 230 Å². The van der Waals surface area contributed by atoms with E-state index >= 15 is 0 Å². The summed E-state index contributed by atoms with van der Waals surface area (Å²) in [4.78, 5) is 29.9. The number of hydrogen-bond donors (Lipinski definition) is 0. The maximum absolute atomic E-state index is 13.3. The summed E-state index contributed by atoms with van der Waals surface area (Å²) in [6, 6.07) is 22.6. The van der Waals surface area contributed by atoms with E-state index in [2.05, 4.69) is 25.7 Å². The van der Waals surface area contributed by atoms with E-state index in [4.69, 9.17) is 16.3 Å². The SMILES string of the molecule is CN1Cc2ccccc2N(C(=O)COc2ccc(Cl)cc2)C/C1=C/C=C/C(=O)c1ccc(C(C)(C)C)cc1. The van der Waals surface area contributed by atoms with E-state index in [0.29, 0.717) is 29.4 Å². The Morgan fingerprint density at radius 3 is 2.32 bits per heavy atom. The Bertz CT molecular complexity index is 1350. The first kappa shape index (κ1) is 27.2. The number of carbonyl (C=O) groups is 2. The lowest BCUT2D eigenvalue weighted by atomic mass is 9.86. The molecule has 1 aliphatic rings. The molecule has 1 heterocycles. The van der Waals surface area contributed by atoms with Crippen molar-refractivity contribution in [1.82, 2.24) is 4.90 Å². The minimum atomic E-state index is -0.160. The first-order chi connectivity index (χ1) is 18.1. The van der Waals surface area contributed by atoms with Crippen LogP contribution in [0.2, 0.25) is 5.02 Å². The number of likely N-dealkylation sites (N-methyl/N-ethyl adjacent to an activating group) is 1. The molecule has 1 aliphatic heterocycles. The van der Waals surface area contributed by atoms with E-state index in [1.165, 1.54) is 5.56 Å². The highest BCUT2D eigenvalue weighted by Gasteiger charge is 2.25. The first-order valence-corrected chi connectivity index (χ1v) is 13.0. The van der Waals surface area contributed by atoms with Crippen molar-refractivity contribution in [3.63, 3.8) is 0 Å². The number of nitrogens with zero attached hydrogens (tertiary/aromatic N) is 2. The number of anilines is 1. The zero-order valence-electron chi connectivity index (χ0n) is 22.3. The van der Waals surface area contributed by atoms with Crippen molar-refractivity contribution in [2.24, 2.45) is 0 Å². The minimum absolute atomic E-state index is 0.0344. The van der Waals surface area contributed by atoms with Gasteiger partial charge < -0.3 is 14.5 Å². The predicted molar refractivity (Wildman–Crippen MR) is 154 cm³/mol. The largest absolute Gasteiger partial charge is 0.484 e. The molecule has 196 valence electrons. The van der Waals surface area contributed by atoms with Gasteiger partial charge in [0.25, 0.3) is 5.91 Å². The van der Waals surface area contributed by atoms with Crippen molar-refractivity contribution in [3.05, 3.63) is 118 Å². The minimum Gasteiger partial charge on any atom is -0.484 e. The molecule has 0 radical (unpaired) electrons. The van der Waals surface area contributed by atoms with Crippen LogP contribution in [-0.4, -0.2) is 36.8 Å². The van der Waals surface area contributed by atoms with E-state index in [1.54, 1.807) is 41.3 Å². The normalized spacial score (nSPS) is 14.9. The fourth-order valence-corrected chi connectivity index (χ4v) is 4.39. The molecule has 0 N–H and O–H groups in total. The number of benzene rings is 3. The molecule has 1 amide bonds.